The van der Waals surface area contributed by atoms with Gasteiger partial charge in [-0.15, -0.1) is 0 Å². The Balaban J connectivity index is 1.79. The molecule has 1 amide bonds. The van der Waals surface area contributed by atoms with Gasteiger partial charge in [0.25, 0.3) is 5.56 Å². The second-order valence-corrected chi connectivity index (χ2v) is 6.94. The fraction of sp³-hybridized carbons (Fsp3) is 0.222. The quantitative estimate of drug-likeness (QED) is 0.748. The average molecular weight is 361 g/mol. The summed E-state index contributed by atoms with van der Waals surface area (Å²) in [5.41, 5.74) is 0.857. The number of aromatic nitrogens is 1. The number of hydrogen-bond donors (Lipinski definition) is 1. The fourth-order valence-electron chi connectivity index (χ4n) is 2.56. The number of carbonyl (C=O) groups excluding carboxylic acids is 1. The third kappa shape index (κ3) is 3.37. The first-order valence-corrected chi connectivity index (χ1v) is 8.88. The van der Waals surface area contributed by atoms with E-state index in [9.17, 15) is 9.59 Å². The molecule has 0 saturated heterocycles. The summed E-state index contributed by atoms with van der Waals surface area (Å²) in [5, 5.41) is 4.22. The molecular weight excluding hydrogens is 344 g/mol. The van der Waals surface area contributed by atoms with E-state index in [0.29, 0.717) is 23.4 Å². The number of rotatable bonds is 5. The Kier molecular flexibility index (Phi) is 5.02. The van der Waals surface area contributed by atoms with E-state index in [1.165, 1.54) is 11.5 Å². The van der Waals surface area contributed by atoms with Crippen molar-refractivity contribution in [2.24, 2.45) is 0 Å². The molecule has 0 aliphatic heterocycles. The van der Waals surface area contributed by atoms with Crippen LogP contribution in [-0.2, 0) is 11.3 Å². The molecule has 0 aliphatic rings. The van der Waals surface area contributed by atoms with E-state index in [4.69, 9.17) is 11.6 Å². The Morgan fingerprint density at radius 3 is 2.58 bits per heavy atom. The number of carbonyl (C=O) groups is 1. The highest BCUT2D eigenvalue weighted by molar-refractivity contribution is 7.14. The van der Waals surface area contributed by atoms with Crippen molar-refractivity contribution in [2.45, 2.75) is 25.9 Å². The molecule has 3 rings (SSSR count). The van der Waals surface area contributed by atoms with Gasteiger partial charge in [0.05, 0.1) is 10.1 Å². The summed E-state index contributed by atoms with van der Waals surface area (Å²) in [7, 11) is 0. The molecule has 0 saturated carbocycles. The van der Waals surface area contributed by atoms with Crippen molar-refractivity contribution < 1.29 is 4.79 Å². The largest absolute Gasteiger partial charge is 0.350 e. The minimum absolute atomic E-state index is 0.107. The molecule has 0 radical (unpaired) electrons. The van der Waals surface area contributed by atoms with Crippen molar-refractivity contribution in [3.63, 3.8) is 0 Å². The summed E-state index contributed by atoms with van der Waals surface area (Å²) in [5.74, 6) is -0.152. The van der Waals surface area contributed by atoms with E-state index in [0.717, 1.165) is 10.3 Å². The van der Waals surface area contributed by atoms with Crippen LogP contribution in [0.3, 0.4) is 0 Å². The van der Waals surface area contributed by atoms with Crippen LogP contribution in [0.1, 0.15) is 24.9 Å². The van der Waals surface area contributed by atoms with Crippen LogP contribution in [0, 0.1) is 0 Å². The van der Waals surface area contributed by atoms with E-state index in [2.05, 4.69) is 5.32 Å². The van der Waals surface area contributed by atoms with Crippen molar-refractivity contribution >= 4 is 39.1 Å². The first-order valence-electron chi connectivity index (χ1n) is 7.73. The van der Waals surface area contributed by atoms with E-state index < -0.39 is 6.04 Å². The number of halogens is 1. The van der Waals surface area contributed by atoms with Gasteiger partial charge in [0.15, 0.2) is 0 Å². The third-order valence-corrected chi connectivity index (χ3v) is 5.29. The fourth-order valence-corrected chi connectivity index (χ4v) is 3.85. The number of fused-ring (bicyclic) bond motifs is 1. The van der Waals surface area contributed by atoms with Crippen molar-refractivity contribution in [1.29, 1.82) is 0 Å². The lowest BCUT2D eigenvalue weighted by Gasteiger charge is -2.15. The zero-order valence-corrected chi connectivity index (χ0v) is 14.7. The first-order chi connectivity index (χ1) is 11.6. The highest BCUT2D eigenvalue weighted by Crippen LogP contribution is 2.21. The van der Waals surface area contributed by atoms with Gasteiger partial charge in [0, 0.05) is 11.6 Å². The highest BCUT2D eigenvalue weighted by Gasteiger charge is 2.22. The van der Waals surface area contributed by atoms with Gasteiger partial charge in [-0.3, -0.25) is 13.5 Å². The van der Waals surface area contributed by atoms with Gasteiger partial charge in [0.1, 0.15) is 6.04 Å². The topological polar surface area (TPSA) is 51.1 Å². The van der Waals surface area contributed by atoms with Crippen LogP contribution in [0.5, 0.6) is 0 Å². The Hall–Kier alpha value is -2.11. The number of nitrogens with zero attached hydrogens (tertiary/aromatic N) is 1. The molecule has 1 heterocycles. The monoisotopic (exact) mass is 360 g/mol. The molecule has 1 unspecified atom stereocenters. The summed E-state index contributed by atoms with van der Waals surface area (Å²) in [4.78, 5) is 25.1. The predicted molar refractivity (Wildman–Crippen MR) is 98.7 cm³/mol. The Labute approximate surface area is 148 Å². The zero-order chi connectivity index (χ0) is 17.1. The summed E-state index contributed by atoms with van der Waals surface area (Å²) in [6, 6.07) is 14.2. The Bertz CT molecular complexity index is 915. The molecule has 0 aliphatic carbocycles. The van der Waals surface area contributed by atoms with Crippen molar-refractivity contribution in [3.8, 4) is 0 Å². The lowest BCUT2D eigenvalue weighted by atomic mass is 10.2. The zero-order valence-electron chi connectivity index (χ0n) is 13.2. The smallest absolute Gasteiger partial charge is 0.269 e. The standard InChI is InChI=1S/C18H17ClN2O2S/c1-2-15(17(22)20-11-12-7-9-13(19)10-8-12)21-18(23)14-5-3-4-6-16(14)24-21/h3-10,15H,2,11H2,1H3,(H,20,22). The Morgan fingerprint density at radius 2 is 1.92 bits per heavy atom. The molecule has 0 bridgehead atoms. The number of benzene rings is 2. The van der Waals surface area contributed by atoms with Gasteiger partial charge in [-0.2, -0.15) is 0 Å². The van der Waals surface area contributed by atoms with Gasteiger partial charge in [-0.25, -0.2) is 0 Å². The molecule has 0 spiro atoms. The van der Waals surface area contributed by atoms with Gasteiger partial charge >= 0.3 is 0 Å². The summed E-state index contributed by atoms with van der Waals surface area (Å²) in [6.45, 7) is 2.31. The molecule has 6 heteroatoms. The van der Waals surface area contributed by atoms with Crippen LogP contribution in [0.15, 0.2) is 53.3 Å². The van der Waals surface area contributed by atoms with Gasteiger partial charge in [-0.1, -0.05) is 54.3 Å². The molecule has 1 aromatic heterocycles. The van der Waals surface area contributed by atoms with Crippen LogP contribution < -0.4 is 10.9 Å². The maximum atomic E-state index is 12.6. The molecule has 0 fully saturated rings. The maximum Gasteiger partial charge on any atom is 0.269 e. The van der Waals surface area contributed by atoms with E-state index >= 15 is 0 Å². The van der Waals surface area contributed by atoms with Crippen LogP contribution in [0.2, 0.25) is 5.02 Å². The number of amides is 1. The minimum atomic E-state index is -0.498. The summed E-state index contributed by atoms with van der Waals surface area (Å²) >= 11 is 7.19. The van der Waals surface area contributed by atoms with Crippen molar-refractivity contribution in [2.75, 3.05) is 0 Å². The molecule has 1 atom stereocenters. The van der Waals surface area contributed by atoms with E-state index in [1.54, 1.807) is 22.2 Å². The van der Waals surface area contributed by atoms with E-state index in [-0.39, 0.29) is 11.5 Å². The Morgan fingerprint density at radius 1 is 1.21 bits per heavy atom. The number of nitrogens with one attached hydrogen (secondary N) is 1. The summed E-state index contributed by atoms with van der Waals surface area (Å²) < 4.78 is 2.47. The molecule has 24 heavy (non-hydrogen) atoms. The molecule has 4 nitrogen and oxygen atoms in total. The molecule has 3 aromatic rings. The molecular formula is C18H17ClN2O2S. The minimum Gasteiger partial charge on any atom is -0.350 e. The maximum absolute atomic E-state index is 12.6. The van der Waals surface area contributed by atoms with Gasteiger partial charge in [0.2, 0.25) is 5.91 Å². The van der Waals surface area contributed by atoms with Crippen LogP contribution in [-0.4, -0.2) is 9.86 Å². The highest BCUT2D eigenvalue weighted by atomic mass is 35.5. The van der Waals surface area contributed by atoms with E-state index in [1.807, 2.05) is 37.3 Å². The van der Waals surface area contributed by atoms with Crippen LogP contribution in [0.4, 0.5) is 0 Å². The predicted octanol–water partition coefficient (Wildman–Crippen LogP) is 3.98. The lowest BCUT2D eigenvalue weighted by Crippen LogP contribution is -2.34. The van der Waals surface area contributed by atoms with Gasteiger partial charge in [-0.05, 0) is 36.2 Å². The van der Waals surface area contributed by atoms with Crippen LogP contribution >= 0.6 is 23.1 Å². The first kappa shape index (κ1) is 16.7. The SMILES string of the molecule is CCC(C(=O)NCc1ccc(Cl)cc1)n1sc2ccccc2c1=O. The van der Waals surface area contributed by atoms with Gasteiger partial charge < -0.3 is 5.32 Å². The average Bonchev–Trinajstić information content (AvgIpc) is 2.92. The second kappa shape index (κ2) is 7.20. The third-order valence-electron chi connectivity index (χ3n) is 3.87. The molecule has 124 valence electrons. The summed E-state index contributed by atoms with van der Waals surface area (Å²) in [6.07, 6.45) is 0.555. The molecule has 1 N–H and O–H groups in total. The number of hydrogen-bond acceptors (Lipinski definition) is 3. The van der Waals surface area contributed by atoms with Crippen molar-refractivity contribution in [1.82, 2.24) is 9.27 Å². The van der Waals surface area contributed by atoms with Crippen LogP contribution in [0.25, 0.3) is 10.1 Å². The lowest BCUT2D eigenvalue weighted by molar-refractivity contribution is -0.124. The second-order valence-electron chi connectivity index (χ2n) is 5.49. The van der Waals surface area contributed by atoms with Crippen molar-refractivity contribution in [3.05, 3.63) is 69.5 Å². The normalized spacial score (nSPS) is 12.2. The molecule has 2 aromatic carbocycles.